The fraction of sp³-hybridized carbons (Fsp3) is 0.0870. The summed E-state index contributed by atoms with van der Waals surface area (Å²) in [5.41, 5.74) is 3.41. The lowest BCUT2D eigenvalue weighted by Gasteiger charge is -2.16. The number of amides is 1. The Morgan fingerprint density at radius 2 is 1.62 bits per heavy atom. The van der Waals surface area contributed by atoms with Gasteiger partial charge in [0.05, 0.1) is 33.0 Å². The number of imidazole rings is 2. The number of nitro benzene ring substituents is 1. The Kier molecular flexibility index (Phi) is 4.83. The predicted octanol–water partition coefficient (Wildman–Crippen LogP) is 4.06. The second kappa shape index (κ2) is 7.95. The van der Waals surface area contributed by atoms with E-state index in [2.05, 4.69) is 25.3 Å². The lowest BCUT2D eigenvalue weighted by molar-refractivity contribution is -0.384. The Labute approximate surface area is 181 Å². The zero-order valence-corrected chi connectivity index (χ0v) is 16.8. The van der Waals surface area contributed by atoms with Crippen molar-refractivity contribution in [2.24, 2.45) is 0 Å². The first-order valence-corrected chi connectivity index (χ1v) is 10.0. The van der Waals surface area contributed by atoms with Crippen molar-refractivity contribution < 1.29 is 9.72 Å². The summed E-state index contributed by atoms with van der Waals surface area (Å²) in [4.78, 5) is 39.3. The zero-order chi connectivity index (χ0) is 22.1. The van der Waals surface area contributed by atoms with Crippen LogP contribution < -0.4 is 5.32 Å². The molecule has 1 amide bonds. The maximum atomic E-state index is 13.0. The van der Waals surface area contributed by atoms with Crippen molar-refractivity contribution in [1.29, 1.82) is 0 Å². The predicted molar refractivity (Wildman–Crippen MR) is 119 cm³/mol. The van der Waals surface area contributed by atoms with Crippen LogP contribution >= 0.6 is 0 Å². The van der Waals surface area contributed by atoms with E-state index in [-0.39, 0.29) is 11.3 Å². The Hall–Kier alpha value is -4.53. The van der Waals surface area contributed by atoms with E-state index in [0.717, 1.165) is 22.1 Å². The van der Waals surface area contributed by atoms with Gasteiger partial charge in [-0.15, -0.1) is 0 Å². The lowest BCUT2D eigenvalue weighted by Crippen LogP contribution is -2.31. The number of carbonyl (C=O) groups excluding carboxylic acids is 1. The lowest BCUT2D eigenvalue weighted by atomic mass is 10.1. The van der Waals surface area contributed by atoms with E-state index in [1.807, 2.05) is 48.5 Å². The molecule has 32 heavy (non-hydrogen) atoms. The number of non-ortho nitro benzene ring substituents is 1. The van der Waals surface area contributed by atoms with Crippen molar-refractivity contribution in [3.63, 3.8) is 0 Å². The highest BCUT2D eigenvalue weighted by Crippen LogP contribution is 2.22. The summed E-state index contributed by atoms with van der Waals surface area (Å²) in [7, 11) is 0. The average molecular weight is 426 g/mol. The Morgan fingerprint density at radius 3 is 2.31 bits per heavy atom. The summed E-state index contributed by atoms with van der Waals surface area (Å²) in [6.07, 6.45) is 0.356. The first kappa shape index (κ1) is 19.4. The number of hydrogen-bond donors (Lipinski definition) is 3. The number of carbonyl (C=O) groups is 1. The SMILES string of the molecule is O=C(NC(Cc1nc2ccccc2[nH]1)c1nc2ccccc2[nH]1)c1cccc([N+](=O)[O-])c1. The fourth-order valence-corrected chi connectivity index (χ4v) is 3.65. The van der Waals surface area contributed by atoms with Gasteiger partial charge < -0.3 is 15.3 Å². The van der Waals surface area contributed by atoms with E-state index in [4.69, 9.17) is 0 Å². The van der Waals surface area contributed by atoms with Crippen LogP contribution in [0.1, 0.15) is 28.0 Å². The molecule has 0 fully saturated rings. The number of aromatic nitrogens is 4. The fourth-order valence-electron chi connectivity index (χ4n) is 3.65. The number of nitro groups is 1. The minimum absolute atomic E-state index is 0.143. The molecule has 2 heterocycles. The highest BCUT2D eigenvalue weighted by molar-refractivity contribution is 5.95. The molecule has 0 spiro atoms. The number of hydrogen-bond acceptors (Lipinski definition) is 5. The van der Waals surface area contributed by atoms with Gasteiger partial charge in [0, 0.05) is 24.1 Å². The van der Waals surface area contributed by atoms with Gasteiger partial charge in [-0.3, -0.25) is 14.9 Å². The quantitative estimate of drug-likeness (QED) is 0.278. The van der Waals surface area contributed by atoms with Crippen molar-refractivity contribution in [2.45, 2.75) is 12.5 Å². The van der Waals surface area contributed by atoms with Crippen molar-refractivity contribution in [2.75, 3.05) is 0 Å². The van der Waals surface area contributed by atoms with E-state index in [1.54, 1.807) is 6.07 Å². The van der Waals surface area contributed by atoms with E-state index in [0.29, 0.717) is 18.1 Å². The third-order valence-corrected chi connectivity index (χ3v) is 5.20. The Balaban J connectivity index is 1.49. The molecule has 0 radical (unpaired) electrons. The number of benzene rings is 3. The molecule has 0 saturated carbocycles. The number of para-hydroxylation sites is 4. The van der Waals surface area contributed by atoms with Crippen LogP contribution in [0.3, 0.4) is 0 Å². The molecule has 1 atom stereocenters. The Bertz CT molecular complexity index is 1390. The smallest absolute Gasteiger partial charge is 0.270 e. The molecule has 9 nitrogen and oxygen atoms in total. The summed E-state index contributed by atoms with van der Waals surface area (Å²) in [6.45, 7) is 0. The second-order valence-corrected chi connectivity index (χ2v) is 7.38. The van der Waals surface area contributed by atoms with Crippen molar-refractivity contribution in [3.8, 4) is 0 Å². The van der Waals surface area contributed by atoms with Crippen LogP contribution in [-0.4, -0.2) is 30.8 Å². The molecule has 5 rings (SSSR count). The molecule has 0 aliphatic rings. The van der Waals surface area contributed by atoms with Gasteiger partial charge in [-0.25, -0.2) is 9.97 Å². The molecule has 0 aliphatic heterocycles. The normalized spacial score (nSPS) is 12.1. The second-order valence-electron chi connectivity index (χ2n) is 7.38. The van der Waals surface area contributed by atoms with Crippen LogP contribution in [-0.2, 0) is 6.42 Å². The zero-order valence-electron chi connectivity index (χ0n) is 16.8. The summed E-state index contributed by atoms with van der Waals surface area (Å²) < 4.78 is 0. The number of H-pyrrole nitrogens is 2. The van der Waals surface area contributed by atoms with Crippen LogP contribution in [0.15, 0.2) is 72.8 Å². The average Bonchev–Trinajstić information content (AvgIpc) is 3.42. The van der Waals surface area contributed by atoms with E-state index in [1.165, 1.54) is 18.2 Å². The number of aromatic amines is 2. The van der Waals surface area contributed by atoms with Crippen LogP contribution in [0.4, 0.5) is 5.69 Å². The monoisotopic (exact) mass is 426 g/mol. The highest BCUT2D eigenvalue weighted by atomic mass is 16.6. The number of fused-ring (bicyclic) bond motifs is 2. The minimum atomic E-state index is -0.533. The molecular formula is C23H18N6O3. The number of nitrogens with zero attached hydrogens (tertiary/aromatic N) is 3. The molecule has 3 N–H and O–H groups in total. The molecule has 9 heteroatoms. The molecular weight excluding hydrogens is 408 g/mol. The molecule has 5 aromatic rings. The van der Waals surface area contributed by atoms with Gasteiger partial charge in [-0.2, -0.15) is 0 Å². The van der Waals surface area contributed by atoms with Gasteiger partial charge in [0.25, 0.3) is 11.6 Å². The van der Waals surface area contributed by atoms with Crippen molar-refractivity contribution in [3.05, 3.63) is 100 Å². The summed E-state index contributed by atoms with van der Waals surface area (Å²) in [5.74, 6) is 0.830. The molecule has 0 bridgehead atoms. The third kappa shape index (κ3) is 3.79. The molecule has 1 unspecified atom stereocenters. The van der Waals surface area contributed by atoms with Crippen molar-refractivity contribution in [1.82, 2.24) is 25.3 Å². The molecule has 0 aliphatic carbocycles. The van der Waals surface area contributed by atoms with Crippen LogP contribution in [0, 0.1) is 10.1 Å². The standard InChI is InChI=1S/C23H18N6O3/c30-23(14-6-5-7-15(12-14)29(31)32)28-20(22-26-18-10-3-4-11-19(18)27-22)13-21-24-16-8-1-2-9-17(16)25-21/h1-12,20H,13H2,(H,24,25)(H,26,27)(H,28,30). The Morgan fingerprint density at radius 1 is 0.938 bits per heavy atom. The van der Waals surface area contributed by atoms with Gasteiger partial charge in [0.15, 0.2) is 0 Å². The van der Waals surface area contributed by atoms with Crippen molar-refractivity contribution >= 4 is 33.7 Å². The van der Waals surface area contributed by atoms with Gasteiger partial charge in [-0.05, 0) is 30.3 Å². The van der Waals surface area contributed by atoms with Gasteiger partial charge >= 0.3 is 0 Å². The summed E-state index contributed by atoms with van der Waals surface area (Å²) >= 11 is 0. The topological polar surface area (TPSA) is 130 Å². The molecule has 158 valence electrons. The van der Waals surface area contributed by atoms with E-state index < -0.39 is 16.9 Å². The van der Waals surface area contributed by atoms with Gasteiger partial charge in [-0.1, -0.05) is 30.3 Å². The van der Waals surface area contributed by atoms with E-state index in [9.17, 15) is 14.9 Å². The first-order chi connectivity index (χ1) is 15.6. The third-order valence-electron chi connectivity index (χ3n) is 5.20. The largest absolute Gasteiger partial charge is 0.342 e. The maximum absolute atomic E-state index is 13.0. The molecule has 2 aromatic heterocycles. The highest BCUT2D eigenvalue weighted by Gasteiger charge is 2.22. The van der Waals surface area contributed by atoms with Crippen LogP contribution in [0.2, 0.25) is 0 Å². The van der Waals surface area contributed by atoms with Gasteiger partial charge in [0.2, 0.25) is 0 Å². The number of rotatable bonds is 6. The number of nitrogens with one attached hydrogen (secondary N) is 3. The van der Waals surface area contributed by atoms with Gasteiger partial charge in [0.1, 0.15) is 11.6 Å². The maximum Gasteiger partial charge on any atom is 0.270 e. The van der Waals surface area contributed by atoms with Crippen LogP contribution in [0.5, 0.6) is 0 Å². The summed E-state index contributed by atoms with van der Waals surface area (Å²) in [6, 6.07) is 20.4. The van der Waals surface area contributed by atoms with E-state index >= 15 is 0 Å². The summed E-state index contributed by atoms with van der Waals surface area (Å²) in [5, 5.41) is 14.0. The first-order valence-electron chi connectivity index (χ1n) is 10.0. The van der Waals surface area contributed by atoms with Crippen LogP contribution in [0.25, 0.3) is 22.1 Å². The molecule has 3 aromatic carbocycles. The molecule has 0 saturated heterocycles. The minimum Gasteiger partial charge on any atom is -0.342 e.